The van der Waals surface area contributed by atoms with Gasteiger partial charge in [0.1, 0.15) is 11.4 Å². The Kier molecular flexibility index (Phi) is 4.11. The summed E-state index contributed by atoms with van der Waals surface area (Å²) in [5.41, 5.74) is -1.50. The molecule has 1 N–H and O–H groups in total. The predicted octanol–water partition coefficient (Wildman–Crippen LogP) is 2.75. The first-order chi connectivity index (χ1) is 7.83. The van der Waals surface area contributed by atoms with Crippen molar-refractivity contribution in [3.05, 3.63) is 35.6 Å². The molecule has 0 saturated heterocycles. The minimum atomic E-state index is -3.11. The molecule has 3 nitrogen and oxygen atoms in total. The van der Waals surface area contributed by atoms with E-state index in [9.17, 15) is 18.0 Å². The lowest BCUT2D eigenvalue weighted by Crippen LogP contribution is -2.31. The highest BCUT2D eigenvalue weighted by Crippen LogP contribution is 2.31. The fraction of sp³-hybridized carbons (Fsp3) is 0.364. The fourth-order valence-electron chi connectivity index (χ4n) is 1.50. The zero-order valence-corrected chi connectivity index (χ0v) is 8.99. The molecule has 6 heteroatoms. The molecule has 0 aromatic heterocycles. The summed E-state index contributed by atoms with van der Waals surface area (Å²) < 4.78 is 41.5. The van der Waals surface area contributed by atoms with Crippen LogP contribution in [0.1, 0.15) is 18.9 Å². The molecule has 0 amide bonds. The second kappa shape index (κ2) is 5.18. The minimum Gasteiger partial charge on any atom is -0.481 e. The van der Waals surface area contributed by atoms with Crippen molar-refractivity contribution in [2.45, 2.75) is 25.6 Å². The Morgan fingerprint density at radius 3 is 2.35 bits per heavy atom. The van der Waals surface area contributed by atoms with Gasteiger partial charge >= 0.3 is 12.6 Å². The van der Waals surface area contributed by atoms with E-state index in [1.165, 1.54) is 19.1 Å². The summed E-state index contributed by atoms with van der Waals surface area (Å²) in [4.78, 5) is 10.6. The van der Waals surface area contributed by atoms with Crippen LogP contribution in [-0.2, 0) is 15.1 Å². The summed E-state index contributed by atoms with van der Waals surface area (Å²) >= 11 is 0. The molecule has 94 valence electrons. The number of alkyl halides is 2. The summed E-state index contributed by atoms with van der Waals surface area (Å²) in [5, 5.41) is 8.68. The highest BCUT2D eigenvalue weighted by molar-refractivity contribution is 5.68. The van der Waals surface area contributed by atoms with Crippen molar-refractivity contribution in [2.24, 2.45) is 0 Å². The van der Waals surface area contributed by atoms with Crippen LogP contribution in [0.5, 0.6) is 0 Å². The lowest BCUT2D eigenvalue weighted by Gasteiger charge is -2.28. The maximum atomic E-state index is 12.7. The van der Waals surface area contributed by atoms with E-state index in [4.69, 9.17) is 5.11 Å². The molecule has 1 aromatic carbocycles. The van der Waals surface area contributed by atoms with Crippen molar-refractivity contribution in [1.29, 1.82) is 0 Å². The number of rotatable bonds is 5. The van der Waals surface area contributed by atoms with E-state index in [-0.39, 0.29) is 5.56 Å². The van der Waals surface area contributed by atoms with Crippen molar-refractivity contribution in [3.63, 3.8) is 0 Å². The van der Waals surface area contributed by atoms with Gasteiger partial charge < -0.3 is 9.84 Å². The topological polar surface area (TPSA) is 46.5 Å². The van der Waals surface area contributed by atoms with Crippen molar-refractivity contribution in [3.8, 4) is 0 Å². The fourth-order valence-corrected chi connectivity index (χ4v) is 1.50. The summed E-state index contributed by atoms with van der Waals surface area (Å²) in [6.45, 7) is -1.88. The molecule has 1 rings (SSSR count). The molecule has 17 heavy (non-hydrogen) atoms. The standard InChI is InChI=1S/C11H11F3O3/c1-11(6-9(15)16,17-10(13)14)7-2-4-8(12)5-3-7/h2-5,10H,6H2,1H3,(H,15,16). The number of carbonyl (C=O) groups is 1. The van der Waals surface area contributed by atoms with E-state index in [0.29, 0.717) is 0 Å². The average molecular weight is 248 g/mol. The molecule has 0 bridgehead atoms. The third-order valence-electron chi connectivity index (χ3n) is 2.29. The summed E-state index contributed by atoms with van der Waals surface area (Å²) in [6, 6.07) is 4.57. The Morgan fingerprint density at radius 1 is 1.41 bits per heavy atom. The van der Waals surface area contributed by atoms with Gasteiger partial charge in [0.05, 0.1) is 6.42 Å². The summed E-state index contributed by atoms with van der Waals surface area (Å²) in [6.07, 6.45) is -0.636. The molecule has 0 fully saturated rings. The molecule has 1 unspecified atom stereocenters. The Labute approximate surface area is 95.8 Å². The van der Waals surface area contributed by atoms with E-state index in [1.54, 1.807) is 0 Å². The van der Waals surface area contributed by atoms with Gasteiger partial charge in [0.15, 0.2) is 0 Å². The largest absolute Gasteiger partial charge is 0.481 e. The van der Waals surface area contributed by atoms with Gasteiger partial charge in [-0.1, -0.05) is 12.1 Å². The van der Waals surface area contributed by atoms with E-state index >= 15 is 0 Å². The maximum Gasteiger partial charge on any atom is 0.346 e. The van der Waals surface area contributed by atoms with Crippen LogP contribution in [0.15, 0.2) is 24.3 Å². The first-order valence-electron chi connectivity index (χ1n) is 4.77. The number of halogens is 3. The molecule has 0 saturated carbocycles. The monoisotopic (exact) mass is 248 g/mol. The number of hydrogen-bond acceptors (Lipinski definition) is 2. The number of hydrogen-bond donors (Lipinski definition) is 1. The van der Waals surface area contributed by atoms with E-state index in [1.807, 2.05) is 0 Å². The Bertz CT molecular complexity index is 391. The van der Waals surface area contributed by atoms with Crippen LogP contribution in [0.2, 0.25) is 0 Å². The number of carboxylic acid groups (broad SMARTS) is 1. The van der Waals surface area contributed by atoms with Crippen molar-refractivity contribution >= 4 is 5.97 Å². The van der Waals surface area contributed by atoms with Gasteiger partial charge in [-0.05, 0) is 24.6 Å². The molecular formula is C11H11F3O3. The van der Waals surface area contributed by atoms with Gasteiger partial charge in [-0.25, -0.2) is 4.39 Å². The highest BCUT2D eigenvalue weighted by Gasteiger charge is 2.33. The molecule has 1 atom stereocenters. The number of benzene rings is 1. The van der Waals surface area contributed by atoms with Crippen molar-refractivity contribution in [1.82, 2.24) is 0 Å². The lowest BCUT2D eigenvalue weighted by molar-refractivity contribution is -0.212. The third kappa shape index (κ3) is 3.74. The normalized spacial score (nSPS) is 14.6. The van der Waals surface area contributed by atoms with Crippen LogP contribution >= 0.6 is 0 Å². The van der Waals surface area contributed by atoms with Crippen LogP contribution in [-0.4, -0.2) is 17.7 Å². The third-order valence-corrected chi connectivity index (χ3v) is 2.29. The van der Waals surface area contributed by atoms with Gasteiger partial charge in [-0.3, -0.25) is 4.79 Å². The van der Waals surface area contributed by atoms with Crippen LogP contribution in [0.3, 0.4) is 0 Å². The van der Waals surface area contributed by atoms with Crippen LogP contribution in [0.25, 0.3) is 0 Å². The van der Waals surface area contributed by atoms with Crippen molar-refractivity contribution < 1.29 is 27.8 Å². The minimum absolute atomic E-state index is 0.182. The van der Waals surface area contributed by atoms with Gasteiger partial charge in [-0.15, -0.1) is 0 Å². The Balaban J connectivity index is 3.04. The van der Waals surface area contributed by atoms with Crippen LogP contribution < -0.4 is 0 Å². The van der Waals surface area contributed by atoms with Gasteiger partial charge in [-0.2, -0.15) is 8.78 Å². The zero-order valence-electron chi connectivity index (χ0n) is 8.99. The smallest absolute Gasteiger partial charge is 0.346 e. The zero-order chi connectivity index (χ0) is 13.1. The predicted molar refractivity (Wildman–Crippen MR) is 53.1 cm³/mol. The average Bonchev–Trinajstić information content (AvgIpc) is 2.15. The number of ether oxygens (including phenoxy) is 1. The maximum absolute atomic E-state index is 12.7. The first kappa shape index (κ1) is 13.5. The molecule has 0 spiro atoms. The highest BCUT2D eigenvalue weighted by atomic mass is 19.3. The molecular weight excluding hydrogens is 237 g/mol. The van der Waals surface area contributed by atoms with E-state index < -0.39 is 30.4 Å². The second-order valence-corrected chi connectivity index (χ2v) is 3.69. The van der Waals surface area contributed by atoms with Gasteiger partial charge in [0, 0.05) is 0 Å². The summed E-state index contributed by atoms with van der Waals surface area (Å²) in [7, 11) is 0. The molecule has 0 heterocycles. The quantitative estimate of drug-likeness (QED) is 0.871. The van der Waals surface area contributed by atoms with Gasteiger partial charge in [0.2, 0.25) is 0 Å². The Hall–Kier alpha value is -1.56. The SMILES string of the molecule is CC(CC(=O)O)(OC(F)F)c1ccc(F)cc1. The number of carboxylic acids is 1. The van der Waals surface area contributed by atoms with Crippen molar-refractivity contribution in [2.75, 3.05) is 0 Å². The van der Waals surface area contributed by atoms with Crippen LogP contribution in [0, 0.1) is 5.82 Å². The second-order valence-electron chi connectivity index (χ2n) is 3.69. The Morgan fingerprint density at radius 2 is 1.94 bits per heavy atom. The molecule has 0 radical (unpaired) electrons. The summed E-state index contributed by atoms with van der Waals surface area (Å²) in [5.74, 6) is -1.82. The molecule has 0 aliphatic rings. The lowest BCUT2D eigenvalue weighted by atomic mass is 9.92. The number of aliphatic carboxylic acids is 1. The van der Waals surface area contributed by atoms with Gasteiger partial charge in [0.25, 0.3) is 0 Å². The van der Waals surface area contributed by atoms with Crippen LogP contribution in [0.4, 0.5) is 13.2 Å². The van der Waals surface area contributed by atoms with E-state index in [0.717, 1.165) is 12.1 Å². The first-order valence-corrected chi connectivity index (χ1v) is 4.77. The molecule has 0 aliphatic heterocycles. The van der Waals surface area contributed by atoms with E-state index in [2.05, 4.69) is 4.74 Å². The molecule has 1 aromatic rings. The molecule has 0 aliphatic carbocycles.